The van der Waals surface area contributed by atoms with Crippen LogP contribution in [0.1, 0.15) is 29.7 Å². The van der Waals surface area contributed by atoms with Gasteiger partial charge in [0.2, 0.25) is 5.91 Å². The summed E-state index contributed by atoms with van der Waals surface area (Å²) in [6.45, 7) is -0.596. The summed E-state index contributed by atoms with van der Waals surface area (Å²) in [5.41, 5.74) is 2.89. The summed E-state index contributed by atoms with van der Waals surface area (Å²) in [4.78, 5) is 24.0. The van der Waals surface area contributed by atoms with Gasteiger partial charge in [-0.2, -0.15) is 8.78 Å². The van der Waals surface area contributed by atoms with Gasteiger partial charge < -0.3 is 14.6 Å². The zero-order valence-corrected chi connectivity index (χ0v) is 17.3. The number of nitrogens with zero attached hydrogens (tertiary/aromatic N) is 1. The minimum absolute atomic E-state index is 0.0342. The number of carbonyl (C=O) groups is 1. The fourth-order valence-corrected chi connectivity index (χ4v) is 3.88. The van der Waals surface area contributed by atoms with E-state index in [-0.39, 0.29) is 23.0 Å². The highest BCUT2D eigenvalue weighted by atomic mass is 32.1. The summed E-state index contributed by atoms with van der Waals surface area (Å²) >= 11 is 1.14. The number of benzene rings is 2. The lowest BCUT2D eigenvalue weighted by atomic mass is 10.0. The highest BCUT2D eigenvalue weighted by Crippen LogP contribution is 2.27. The molecule has 0 unspecified atom stereocenters. The maximum Gasteiger partial charge on any atom is 0.387 e. The minimum Gasteiger partial charge on any atom is -0.435 e. The largest absolute Gasteiger partial charge is 0.435 e. The van der Waals surface area contributed by atoms with Crippen LogP contribution in [0.25, 0.3) is 0 Å². The van der Waals surface area contributed by atoms with Gasteiger partial charge in [0.25, 0.3) is 0 Å². The molecule has 0 atom stereocenters. The Morgan fingerprint density at radius 1 is 1.20 bits per heavy atom. The predicted octanol–water partition coefficient (Wildman–Crippen LogP) is 4.83. The van der Waals surface area contributed by atoms with Crippen LogP contribution in [0.3, 0.4) is 0 Å². The van der Waals surface area contributed by atoms with Gasteiger partial charge in [-0.15, -0.1) is 0 Å². The van der Waals surface area contributed by atoms with E-state index in [2.05, 4.69) is 10.1 Å². The van der Waals surface area contributed by atoms with Crippen molar-refractivity contribution < 1.29 is 18.3 Å². The van der Waals surface area contributed by atoms with Crippen LogP contribution in [-0.2, 0) is 17.8 Å². The molecule has 3 rings (SSSR count). The number of ether oxygens (including phenoxy) is 1. The van der Waals surface area contributed by atoms with E-state index >= 15 is 0 Å². The smallest absolute Gasteiger partial charge is 0.387 e. The van der Waals surface area contributed by atoms with Gasteiger partial charge in [-0.25, -0.2) is 0 Å². The van der Waals surface area contributed by atoms with Crippen LogP contribution in [0.2, 0.25) is 0 Å². The Labute approximate surface area is 176 Å². The molecule has 1 amide bonds. The lowest BCUT2D eigenvalue weighted by Gasteiger charge is -2.14. The third-order valence-corrected chi connectivity index (χ3v) is 5.44. The molecule has 0 bridgehead atoms. The molecule has 8 heteroatoms. The second kappa shape index (κ2) is 10.2. The lowest BCUT2D eigenvalue weighted by molar-refractivity contribution is -0.116. The molecule has 3 aromatic rings. The number of nitrogens with one attached hydrogen (secondary N) is 1. The molecule has 1 aromatic heterocycles. The quantitative estimate of drug-likeness (QED) is 0.527. The first-order chi connectivity index (χ1) is 14.4. The molecule has 0 spiro atoms. The van der Waals surface area contributed by atoms with Crippen LogP contribution in [0.5, 0.6) is 5.75 Å². The zero-order chi connectivity index (χ0) is 21.5. The van der Waals surface area contributed by atoms with Crippen molar-refractivity contribution in [2.75, 3.05) is 5.32 Å². The van der Waals surface area contributed by atoms with Gasteiger partial charge in [-0.1, -0.05) is 41.7 Å². The Kier molecular flexibility index (Phi) is 7.35. The number of amides is 1. The Morgan fingerprint density at radius 3 is 2.63 bits per heavy atom. The molecule has 5 nitrogen and oxygen atoms in total. The first kappa shape index (κ1) is 21.7. The van der Waals surface area contributed by atoms with Crippen molar-refractivity contribution in [2.24, 2.45) is 0 Å². The number of carbonyl (C=O) groups excluding carboxylic acids is 1. The highest BCUT2D eigenvalue weighted by Gasteiger charge is 2.13. The van der Waals surface area contributed by atoms with Crippen LogP contribution < -0.4 is 14.9 Å². The predicted molar refractivity (Wildman–Crippen MR) is 114 cm³/mol. The van der Waals surface area contributed by atoms with E-state index in [1.54, 1.807) is 16.0 Å². The monoisotopic (exact) mass is 432 g/mol. The SMILES string of the molecule is Cc1csc(=O)n1CCCC(=O)Nc1ccc(OC(F)F)c(Cc2ccccc2)c1. The van der Waals surface area contributed by atoms with Gasteiger partial charge in [-0.05, 0) is 37.1 Å². The second-order valence-electron chi connectivity index (χ2n) is 6.81. The summed E-state index contributed by atoms with van der Waals surface area (Å²) in [6.07, 6.45) is 1.16. The number of alkyl halides is 2. The molecule has 0 fully saturated rings. The fourth-order valence-electron chi connectivity index (χ4n) is 3.12. The lowest BCUT2D eigenvalue weighted by Crippen LogP contribution is -2.17. The molecule has 1 N–H and O–H groups in total. The summed E-state index contributed by atoms with van der Waals surface area (Å²) in [5.74, 6) is -0.122. The number of halogens is 2. The van der Waals surface area contributed by atoms with Crippen LogP contribution in [-0.4, -0.2) is 17.1 Å². The molecule has 30 heavy (non-hydrogen) atoms. The standard InChI is InChI=1S/C22H22F2N2O3S/c1-15-14-30-22(28)26(15)11-5-8-20(27)25-18-9-10-19(29-21(23)24)17(13-18)12-16-6-3-2-4-7-16/h2-4,6-7,9-10,13-14,21H,5,8,11-12H2,1H3,(H,25,27). The van der Waals surface area contributed by atoms with Crippen LogP contribution in [0.15, 0.2) is 58.7 Å². The van der Waals surface area contributed by atoms with Crippen LogP contribution in [0.4, 0.5) is 14.5 Å². The van der Waals surface area contributed by atoms with Gasteiger partial charge in [0.15, 0.2) is 0 Å². The Bertz CT molecular complexity index is 1050. The molecule has 0 aliphatic heterocycles. The van der Waals surface area contributed by atoms with E-state index in [1.165, 1.54) is 12.1 Å². The van der Waals surface area contributed by atoms with Gasteiger partial charge in [-0.3, -0.25) is 9.59 Å². The Morgan fingerprint density at radius 2 is 1.97 bits per heavy atom. The molecule has 0 radical (unpaired) electrons. The van der Waals surface area contributed by atoms with E-state index < -0.39 is 6.61 Å². The number of aryl methyl sites for hydroxylation is 1. The third-order valence-electron chi connectivity index (χ3n) is 4.56. The average molecular weight is 432 g/mol. The highest BCUT2D eigenvalue weighted by molar-refractivity contribution is 7.07. The molecule has 0 aliphatic rings. The number of hydrogen-bond donors (Lipinski definition) is 1. The van der Waals surface area contributed by atoms with Crippen molar-refractivity contribution in [1.29, 1.82) is 0 Å². The minimum atomic E-state index is -2.93. The molecular weight excluding hydrogens is 410 g/mol. The van der Waals surface area contributed by atoms with Crippen molar-refractivity contribution in [3.8, 4) is 5.75 Å². The third kappa shape index (κ3) is 6.00. The van der Waals surface area contributed by atoms with Crippen molar-refractivity contribution in [3.05, 3.63) is 80.4 Å². The molecule has 0 saturated heterocycles. The van der Waals surface area contributed by atoms with E-state index in [1.807, 2.05) is 37.3 Å². The van der Waals surface area contributed by atoms with E-state index in [9.17, 15) is 18.4 Å². The van der Waals surface area contributed by atoms with Gasteiger partial charge in [0, 0.05) is 41.7 Å². The maximum absolute atomic E-state index is 12.7. The Hall–Kier alpha value is -3.00. The van der Waals surface area contributed by atoms with Gasteiger partial charge in [0.05, 0.1) is 0 Å². The maximum atomic E-state index is 12.7. The summed E-state index contributed by atoms with van der Waals surface area (Å²) in [7, 11) is 0. The normalized spacial score (nSPS) is 10.9. The van der Waals surface area contributed by atoms with Crippen molar-refractivity contribution in [2.45, 2.75) is 39.3 Å². The van der Waals surface area contributed by atoms with Crippen LogP contribution >= 0.6 is 11.3 Å². The Balaban J connectivity index is 1.65. The molecule has 0 saturated carbocycles. The number of aromatic nitrogens is 1. The molecule has 0 aliphatic carbocycles. The van der Waals surface area contributed by atoms with Crippen molar-refractivity contribution in [3.63, 3.8) is 0 Å². The second-order valence-corrected chi connectivity index (χ2v) is 7.63. The first-order valence-corrected chi connectivity index (χ1v) is 10.4. The number of anilines is 1. The van der Waals surface area contributed by atoms with E-state index in [4.69, 9.17) is 0 Å². The average Bonchev–Trinajstić information content (AvgIpc) is 3.02. The molecule has 158 valence electrons. The van der Waals surface area contributed by atoms with Gasteiger partial charge >= 0.3 is 11.5 Å². The summed E-state index contributed by atoms with van der Waals surface area (Å²) in [6, 6.07) is 14.0. The zero-order valence-electron chi connectivity index (χ0n) is 16.4. The number of rotatable bonds is 9. The topological polar surface area (TPSA) is 60.3 Å². The molecule has 2 aromatic carbocycles. The first-order valence-electron chi connectivity index (χ1n) is 9.49. The number of hydrogen-bond acceptors (Lipinski definition) is 4. The van der Waals surface area contributed by atoms with Crippen molar-refractivity contribution >= 4 is 22.9 Å². The molecular formula is C22H22F2N2O3S. The molecule has 1 heterocycles. The summed E-state index contributed by atoms with van der Waals surface area (Å²) < 4.78 is 31.8. The van der Waals surface area contributed by atoms with Crippen LogP contribution in [0, 0.1) is 6.92 Å². The number of thiazole rings is 1. The van der Waals surface area contributed by atoms with E-state index in [0.717, 1.165) is 22.6 Å². The fraction of sp³-hybridized carbons (Fsp3) is 0.273. The van der Waals surface area contributed by atoms with E-state index in [0.29, 0.717) is 30.6 Å². The van der Waals surface area contributed by atoms with Crippen molar-refractivity contribution in [1.82, 2.24) is 4.57 Å². The van der Waals surface area contributed by atoms with Gasteiger partial charge in [0.1, 0.15) is 5.75 Å². The summed E-state index contributed by atoms with van der Waals surface area (Å²) in [5, 5.41) is 4.58.